The van der Waals surface area contributed by atoms with E-state index in [2.05, 4.69) is 20.0 Å². The second-order valence-corrected chi connectivity index (χ2v) is 9.14. The highest BCUT2D eigenvalue weighted by Gasteiger charge is 2.40. The molecule has 34 heavy (non-hydrogen) atoms. The van der Waals surface area contributed by atoms with Crippen molar-refractivity contribution in [2.24, 2.45) is 0 Å². The van der Waals surface area contributed by atoms with Gasteiger partial charge < -0.3 is 10.1 Å². The van der Waals surface area contributed by atoms with Gasteiger partial charge in [0.05, 0.1) is 17.7 Å². The lowest BCUT2D eigenvalue weighted by Gasteiger charge is -2.17. The summed E-state index contributed by atoms with van der Waals surface area (Å²) in [7, 11) is -2.52. The zero-order chi connectivity index (χ0) is 24.5. The number of rotatable bonds is 7. The lowest BCUT2D eigenvalue weighted by Crippen LogP contribution is -2.32. The van der Waals surface area contributed by atoms with Crippen molar-refractivity contribution in [1.82, 2.24) is 9.97 Å². The molecule has 0 atom stereocenters. The number of nitrogens with one attached hydrogen (secondary N) is 2. The fraction of sp³-hybridized carbons (Fsp3) is 0.0909. The molecule has 0 unspecified atom stereocenters. The maximum absolute atomic E-state index is 13.0. The van der Waals surface area contributed by atoms with E-state index in [0.717, 1.165) is 4.90 Å². The number of imide groups is 1. The summed E-state index contributed by atoms with van der Waals surface area (Å²) in [5.74, 6) is -1.10. The molecule has 2 heterocycles. The molecule has 1 aliphatic heterocycles. The second-order valence-electron chi connectivity index (χ2n) is 7.08. The molecular formula is C22H18ClN5O5S. The number of sulfonamides is 1. The minimum absolute atomic E-state index is 0.0484. The summed E-state index contributed by atoms with van der Waals surface area (Å²) < 4.78 is 32.8. The van der Waals surface area contributed by atoms with Crippen LogP contribution in [-0.2, 0) is 19.6 Å². The van der Waals surface area contributed by atoms with Crippen molar-refractivity contribution in [3.05, 3.63) is 77.2 Å². The van der Waals surface area contributed by atoms with Crippen molar-refractivity contribution in [3.8, 4) is 5.75 Å². The van der Waals surface area contributed by atoms with Gasteiger partial charge in [-0.3, -0.25) is 9.59 Å². The molecule has 0 radical (unpaired) electrons. The summed E-state index contributed by atoms with van der Waals surface area (Å²) in [5, 5.41) is 2.50. The van der Waals surface area contributed by atoms with E-state index in [4.69, 9.17) is 16.3 Å². The van der Waals surface area contributed by atoms with Crippen molar-refractivity contribution in [2.45, 2.75) is 11.8 Å². The summed E-state index contributed by atoms with van der Waals surface area (Å²) in [6.07, 6.45) is 1.44. The van der Waals surface area contributed by atoms with Crippen LogP contribution in [0.5, 0.6) is 5.75 Å². The van der Waals surface area contributed by atoms with Crippen LogP contribution >= 0.6 is 11.6 Å². The summed E-state index contributed by atoms with van der Waals surface area (Å²) in [6.45, 7) is 1.71. The van der Waals surface area contributed by atoms with Crippen LogP contribution < -0.4 is 19.7 Å². The van der Waals surface area contributed by atoms with Gasteiger partial charge >= 0.3 is 0 Å². The Morgan fingerprint density at radius 3 is 2.38 bits per heavy atom. The van der Waals surface area contributed by atoms with E-state index in [0.29, 0.717) is 17.1 Å². The molecule has 2 N–H and O–H groups in total. The Kier molecular flexibility index (Phi) is 6.22. The predicted molar refractivity (Wildman–Crippen MR) is 126 cm³/mol. The second kappa shape index (κ2) is 9.12. The first-order valence-electron chi connectivity index (χ1n) is 9.82. The van der Waals surface area contributed by atoms with Crippen LogP contribution in [0.15, 0.2) is 76.4 Å². The number of anilines is 3. The van der Waals surface area contributed by atoms with Crippen molar-refractivity contribution in [2.75, 3.05) is 22.0 Å². The van der Waals surface area contributed by atoms with Crippen LogP contribution in [0.3, 0.4) is 0 Å². The average Bonchev–Trinajstić information content (AvgIpc) is 3.02. The monoisotopic (exact) mass is 499 g/mol. The molecule has 0 aliphatic carbocycles. The Morgan fingerprint density at radius 1 is 1.00 bits per heavy atom. The van der Waals surface area contributed by atoms with Crippen LogP contribution in [0.2, 0.25) is 0 Å². The fourth-order valence-corrected chi connectivity index (χ4v) is 4.35. The topological polar surface area (TPSA) is 131 Å². The van der Waals surface area contributed by atoms with Gasteiger partial charge in [-0.15, -0.1) is 0 Å². The lowest BCUT2D eigenvalue weighted by atomic mass is 10.2. The summed E-state index contributed by atoms with van der Waals surface area (Å²) in [6, 6.07) is 13.7. The summed E-state index contributed by atoms with van der Waals surface area (Å²) in [4.78, 5) is 34.4. The fourth-order valence-electron chi connectivity index (χ4n) is 3.18. The van der Waals surface area contributed by atoms with Crippen LogP contribution in [0, 0.1) is 6.92 Å². The number of amides is 2. The Bertz CT molecular complexity index is 1420. The first-order valence-corrected chi connectivity index (χ1v) is 11.7. The standard InChI is InChI=1S/C22H18ClN5O5S/c1-13-11-12-24-22(25-13)27-34(31,32)15-9-7-14(8-10-15)26-19-18(23)20(29)28(21(19)30)16-5-3-4-6-17(16)33-2/h3-12,26H,1-2H3,(H,24,25,27). The van der Waals surface area contributed by atoms with Gasteiger partial charge in [-0.05, 0) is 49.4 Å². The first-order chi connectivity index (χ1) is 16.2. The summed E-state index contributed by atoms with van der Waals surface area (Å²) in [5.41, 5.74) is 1.07. The predicted octanol–water partition coefficient (Wildman–Crippen LogP) is 3.03. The van der Waals surface area contributed by atoms with Gasteiger partial charge in [0.1, 0.15) is 16.5 Å². The maximum atomic E-state index is 13.0. The van der Waals surface area contributed by atoms with Gasteiger partial charge in [0.15, 0.2) is 0 Å². The quantitative estimate of drug-likeness (QED) is 0.474. The Hall–Kier alpha value is -3.96. The van der Waals surface area contributed by atoms with Crippen molar-refractivity contribution in [3.63, 3.8) is 0 Å². The number of nitrogens with zero attached hydrogens (tertiary/aromatic N) is 3. The highest BCUT2D eigenvalue weighted by Crippen LogP contribution is 2.35. The number of aryl methyl sites for hydroxylation is 1. The van der Waals surface area contributed by atoms with E-state index in [1.807, 2.05) is 0 Å². The average molecular weight is 500 g/mol. The van der Waals surface area contributed by atoms with E-state index in [9.17, 15) is 18.0 Å². The van der Waals surface area contributed by atoms with Gasteiger partial charge in [-0.1, -0.05) is 23.7 Å². The number of halogens is 1. The minimum atomic E-state index is -3.94. The van der Waals surface area contributed by atoms with Gasteiger partial charge in [0, 0.05) is 17.6 Å². The number of aromatic nitrogens is 2. The normalized spacial score (nSPS) is 13.9. The Balaban J connectivity index is 1.54. The van der Waals surface area contributed by atoms with E-state index in [1.165, 1.54) is 37.6 Å². The van der Waals surface area contributed by atoms with Crippen LogP contribution in [0.4, 0.5) is 17.3 Å². The number of hydrogen-bond acceptors (Lipinski definition) is 8. The molecule has 0 fully saturated rings. The highest BCUT2D eigenvalue weighted by molar-refractivity contribution is 7.92. The van der Waals surface area contributed by atoms with Crippen LogP contribution in [0.1, 0.15) is 5.69 Å². The summed E-state index contributed by atoms with van der Waals surface area (Å²) >= 11 is 6.16. The van der Waals surface area contributed by atoms with Gasteiger partial charge in [-0.2, -0.15) is 0 Å². The van der Waals surface area contributed by atoms with E-state index >= 15 is 0 Å². The zero-order valence-corrected chi connectivity index (χ0v) is 19.5. The van der Waals surface area contributed by atoms with Gasteiger partial charge in [0.2, 0.25) is 5.95 Å². The molecule has 1 aromatic heterocycles. The molecule has 2 amide bonds. The maximum Gasteiger partial charge on any atom is 0.283 e. The molecular weight excluding hydrogens is 482 g/mol. The molecule has 1 aliphatic rings. The lowest BCUT2D eigenvalue weighted by molar-refractivity contribution is -0.120. The molecule has 174 valence electrons. The zero-order valence-electron chi connectivity index (χ0n) is 17.9. The molecule has 2 aromatic carbocycles. The number of methoxy groups -OCH3 is 1. The third kappa shape index (κ3) is 4.43. The van der Waals surface area contributed by atoms with E-state index < -0.39 is 21.8 Å². The number of carbonyl (C=O) groups is 2. The van der Waals surface area contributed by atoms with Crippen molar-refractivity contribution < 1.29 is 22.7 Å². The molecule has 0 bridgehead atoms. The highest BCUT2D eigenvalue weighted by atomic mass is 35.5. The number of ether oxygens (including phenoxy) is 1. The van der Waals surface area contributed by atoms with Crippen molar-refractivity contribution in [1.29, 1.82) is 0 Å². The van der Waals surface area contributed by atoms with Crippen LogP contribution in [0.25, 0.3) is 0 Å². The smallest absolute Gasteiger partial charge is 0.283 e. The molecule has 3 aromatic rings. The number of carbonyl (C=O) groups excluding carboxylic acids is 2. The van der Waals surface area contributed by atoms with Crippen LogP contribution in [-0.4, -0.2) is 37.3 Å². The van der Waals surface area contributed by atoms with E-state index in [-0.39, 0.29) is 27.3 Å². The number of benzene rings is 2. The Labute approximate surface area is 200 Å². The Morgan fingerprint density at radius 2 is 1.71 bits per heavy atom. The molecule has 0 saturated heterocycles. The third-order valence-electron chi connectivity index (χ3n) is 4.81. The SMILES string of the molecule is COc1ccccc1N1C(=O)C(Cl)=C(Nc2ccc(S(=O)(=O)Nc3nccc(C)n3)cc2)C1=O. The number of hydrogen-bond donors (Lipinski definition) is 2. The van der Waals surface area contributed by atoms with Crippen molar-refractivity contribution >= 4 is 50.8 Å². The van der Waals surface area contributed by atoms with Gasteiger partial charge in [0.25, 0.3) is 21.8 Å². The molecule has 4 rings (SSSR count). The largest absolute Gasteiger partial charge is 0.495 e. The van der Waals surface area contributed by atoms with E-state index in [1.54, 1.807) is 37.3 Å². The molecule has 12 heteroatoms. The third-order valence-corrected chi connectivity index (χ3v) is 6.50. The molecule has 10 nitrogen and oxygen atoms in total. The first kappa shape index (κ1) is 23.2. The molecule has 0 spiro atoms. The van der Waals surface area contributed by atoms with Gasteiger partial charge in [-0.25, -0.2) is 28.0 Å². The molecule has 0 saturated carbocycles. The minimum Gasteiger partial charge on any atom is -0.495 e. The number of para-hydroxylation sites is 2.